The largest absolute Gasteiger partial charge is 0.504 e. The molecule has 0 saturated heterocycles. The van der Waals surface area contributed by atoms with E-state index in [0.717, 1.165) is 6.42 Å². The zero-order valence-electron chi connectivity index (χ0n) is 16.5. The lowest BCUT2D eigenvalue weighted by Crippen LogP contribution is -2.20. The van der Waals surface area contributed by atoms with Crippen molar-refractivity contribution in [3.8, 4) is 17.2 Å². The van der Waals surface area contributed by atoms with Gasteiger partial charge >= 0.3 is 5.97 Å². The van der Waals surface area contributed by atoms with Gasteiger partial charge in [0.1, 0.15) is 11.3 Å². The number of carbonyl (C=O) groups is 1. The monoisotopic (exact) mass is 413 g/mol. The molecule has 3 rings (SSSR count). The number of nitrogens with zero attached hydrogens (tertiary/aromatic N) is 1. The Hall–Kier alpha value is -3.52. The molecule has 1 heterocycles. The molecule has 0 spiro atoms. The van der Waals surface area contributed by atoms with Crippen LogP contribution in [0.1, 0.15) is 34.8 Å². The Kier molecular flexibility index (Phi) is 6.27. The number of carboxylic acid groups (broad SMARTS) is 1. The number of carboxylic acids is 1. The fourth-order valence-corrected chi connectivity index (χ4v) is 3.32. The number of fused-ring (bicyclic) bond motifs is 1. The maximum Gasteiger partial charge on any atom is 0.341 e. The molecule has 0 unspecified atom stereocenters. The predicted molar refractivity (Wildman–Crippen MR) is 111 cm³/mol. The van der Waals surface area contributed by atoms with Gasteiger partial charge in [-0.05, 0) is 24.1 Å². The summed E-state index contributed by atoms with van der Waals surface area (Å²) in [6, 6.07) is 7.78. The van der Waals surface area contributed by atoms with Gasteiger partial charge in [0.15, 0.2) is 11.5 Å². The molecule has 0 aliphatic carbocycles. The van der Waals surface area contributed by atoms with E-state index in [1.165, 1.54) is 16.8 Å². The number of hydrogen-bond donors (Lipinski definition) is 4. The summed E-state index contributed by atoms with van der Waals surface area (Å²) < 4.78 is 7.36. The first kappa shape index (κ1) is 21.2. The summed E-state index contributed by atoms with van der Waals surface area (Å²) in [4.78, 5) is 24.3. The van der Waals surface area contributed by atoms with Crippen LogP contribution in [0.2, 0.25) is 0 Å². The van der Waals surface area contributed by atoms with Crippen LogP contribution in [0.5, 0.6) is 17.2 Å². The molecule has 0 amide bonds. The molecule has 8 nitrogen and oxygen atoms in total. The Morgan fingerprint density at radius 3 is 2.60 bits per heavy atom. The van der Waals surface area contributed by atoms with Crippen molar-refractivity contribution < 1.29 is 30.0 Å². The number of aliphatic hydroxyl groups is 1. The van der Waals surface area contributed by atoms with Crippen LogP contribution in [0.15, 0.2) is 41.3 Å². The lowest BCUT2D eigenvalue weighted by Gasteiger charge is -2.17. The van der Waals surface area contributed by atoms with Crippen LogP contribution in [0.3, 0.4) is 0 Å². The molecule has 0 atom stereocenters. The minimum absolute atomic E-state index is 0.108. The molecule has 0 radical (unpaired) electrons. The third-order valence-electron chi connectivity index (χ3n) is 4.77. The molecule has 4 N–H and O–H groups in total. The van der Waals surface area contributed by atoms with Crippen molar-refractivity contribution >= 4 is 16.9 Å². The number of benzene rings is 2. The Morgan fingerprint density at radius 2 is 1.93 bits per heavy atom. The van der Waals surface area contributed by atoms with E-state index >= 15 is 0 Å². The van der Waals surface area contributed by atoms with Crippen LogP contribution in [0, 0.1) is 0 Å². The molecule has 0 bridgehead atoms. The lowest BCUT2D eigenvalue weighted by atomic mass is 9.99. The third-order valence-corrected chi connectivity index (χ3v) is 4.77. The number of pyridine rings is 1. The number of ether oxygens (including phenoxy) is 1. The molecule has 0 aliphatic heterocycles. The summed E-state index contributed by atoms with van der Waals surface area (Å²) in [7, 11) is 0. The highest BCUT2D eigenvalue weighted by Crippen LogP contribution is 2.33. The molecule has 1 aromatic heterocycles. The second kappa shape index (κ2) is 8.87. The molecule has 8 heteroatoms. The van der Waals surface area contributed by atoms with Crippen molar-refractivity contribution in [3.63, 3.8) is 0 Å². The molecule has 3 aromatic rings. The van der Waals surface area contributed by atoms with Gasteiger partial charge in [-0.2, -0.15) is 0 Å². The van der Waals surface area contributed by atoms with Gasteiger partial charge in [-0.15, -0.1) is 0 Å². The standard InChI is InChI=1S/C22H23NO7/c1-2-8-30-19-11-17-15(21(27)16(22(28)29)12-23(17)6-7-24)10-14(19)9-13-4-3-5-18(25)20(13)26/h3-5,10-12,24-26H,2,6-9H2,1H3,(H,28,29). The number of aromatic hydroxyl groups is 2. The van der Waals surface area contributed by atoms with E-state index in [1.807, 2.05) is 6.92 Å². The van der Waals surface area contributed by atoms with Crippen LogP contribution in [-0.4, -0.2) is 44.2 Å². The Balaban J connectivity index is 2.26. The zero-order chi connectivity index (χ0) is 21.8. The number of aromatic carboxylic acids is 1. The Bertz CT molecular complexity index is 1150. The van der Waals surface area contributed by atoms with Crippen LogP contribution in [-0.2, 0) is 13.0 Å². The Morgan fingerprint density at radius 1 is 1.17 bits per heavy atom. The van der Waals surface area contributed by atoms with Gasteiger partial charge < -0.3 is 29.7 Å². The van der Waals surface area contributed by atoms with E-state index in [2.05, 4.69) is 0 Å². The third kappa shape index (κ3) is 4.08. The summed E-state index contributed by atoms with van der Waals surface area (Å²) in [5.41, 5.74) is 0.390. The molecule has 0 aliphatic rings. The van der Waals surface area contributed by atoms with Crippen molar-refractivity contribution in [1.82, 2.24) is 4.57 Å². The van der Waals surface area contributed by atoms with Crippen molar-refractivity contribution in [3.05, 3.63) is 63.4 Å². The van der Waals surface area contributed by atoms with Crippen molar-refractivity contribution in [1.29, 1.82) is 0 Å². The average molecular weight is 413 g/mol. The quantitative estimate of drug-likeness (QED) is 0.418. The topological polar surface area (TPSA) is 129 Å². The maximum absolute atomic E-state index is 12.8. The Labute approximate surface area is 172 Å². The molecule has 0 fully saturated rings. The smallest absolute Gasteiger partial charge is 0.341 e. The first-order chi connectivity index (χ1) is 14.4. The van der Waals surface area contributed by atoms with Crippen molar-refractivity contribution in [2.24, 2.45) is 0 Å². The van der Waals surface area contributed by atoms with Crippen LogP contribution in [0.25, 0.3) is 10.9 Å². The second-order valence-electron chi connectivity index (χ2n) is 6.88. The van der Waals surface area contributed by atoms with E-state index in [9.17, 15) is 30.0 Å². The summed E-state index contributed by atoms with van der Waals surface area (Å²) in [5.74, 6) is -1.41. The van der Waals surface area contributed by atoms with Gasteiger partial charge in [-0.25, -0.2) is 4.79 Å². The number of rotatable bonds is 8. The predicted octanol–water partition coefficient (Wildman–Crippen LogP) is 2.48. The SMILES string of the molecule is CCCOc1cc2c(cc1Cc1cccc(O)c1O)c(=O)c(C(=O)O)cn2CCO. The van der Waals surface area contributed by atoms with E-state index in [-0.39, 0.29) is 36.5 Å². The average Bonchev–Trinajstić information content (AvgIpc) is 2.72. The minimum atomic E-state index is -1.35. The van der Waals surface area contributed by atoms with E-state index in [0.29, 0.717) is 29.0 Å². The molecule has 2 aromatic carbocycles. The van der Waals surface area contributed by atoms with Crippen molar-refractivity contribution in [2.75, 3.05) is 13.2 Å². The zero-order valence-corrected chi connectivity index (χ0v) is 16.5. The highest BCUT2D eigenvalue weighted by atomic mass is 16.5. The molecular formula is C22H23NO7. The number of aromatic nitrogens is 1. The first-order valence-electron chi connectivity index (χ1n) is 9.54. The van der Waals surface area contributed by atoms with E-state index in [4.69, 9.17) is 4.74 Å². The summed E-state index contributed by atoms with van der Waals surface area (Å²) in [5, 5.41) is 38.9. The lowest BCUT2D eigenvalue weighted by molar-refractivity contribution is 0.0694. The van der Waals surface area contributed by atoms with Gasteiger partial charge in [0.25, 0.3) is 0 Å². The number of para-hydroxylation sites is 1. The molecule has 0 saturated carbocycles. The van der Waals surface area contributed by atoms with Gasteiger partial charge in [0, 0.05) is 36.2 Å². The maximum atomic E-state index is 12.8. The molecule has 158 valence electrons. The fourth-order valence-electron chi connectivity index (χ4n) is 3.32. The second-order valence-corrected chi connectivity index (χ2v) is 6.88. The number of aliphatic hydroxyl groups excluding tert-OH is 1. The normalized spacial score (nSPS) is 11.0. The van der Waals surface area contributed by atoms with Crippen LogP contribution >= 0.6 is 0 Å². The molecular weight excluding hydrogens is 390 g/mol. The fraction of sp³-hybridized carbons (Fsp3) is 0.273. The van der Waals surface area contributed by atoms with Gasteiger partial charge in [-0.1, -0.05) is 19.1 Å². The molecule has 30 heavy (non-hydrogen) atoms. The van der Waals surface area contributed by atoms with E-state index in [1.54, 1.807) is 24.3 Å². The number of phenols is 2. The summed E-state index contributed by atoms with van der Waals surface area (Å²) >= 11 is 0. The van der Waals surface area contributed by atoms with Crippen LogP contribution < -0.4 is 10.2 Å². The first-order valence-corrected chi connectivity index (χ1v) is 9.54. The van der Waals surface area contributed by atoms with Gasteiger partial charge in [0.2, 0.25) is 5.43 Å². The van der Waals surface area contributed by atoms with E-state index < -0.39 is 17.0 Å². The minimum Gasteiger partial charge on any atom is -0.504 e. The highest BCUT2D eigenvalue weighted by molar-refractivity contribution is 5.93. The van der Waals surface area contributed by atoms with Gasteiger partial charge in [0.05, 0.1) is 18.7 Å². The summed E-state index contributed by atoms with van der Waals surface area (Å²) in [6.45, 7) is 2.24. The van der Waals surface area contributed by atoms with Crippen molar-refractivity contribution in [2.45, 2.75) is 26.3 Å². The van der Waals surface area contributed by atoms with Crippen LogP contribution in [0.4, 0.5) is 0 Å². The summed E-state index contributed by atoms with van der Waals surface area (Å²) in [6.07, 6.45) is 2.12. The number of phenolic OH excluding ortho intramolecular Hbond substituents is 2. The highest BCUT2D eigenvalue weighted by Gasteiger charge is 2.18. The van der Waals surface area contributed by atoms with Gasteiger partial charge in [-0.3, -0.25) is 4.79 Å². The number of hydrogen-bond acceptors (Lipinski definition) is 6.